The Morgan fingerprint density at radius 1 is 1.33 bits per heavy atom. The van der Waals surface area contributed by atoms with E-state index in [0.29, 0.717) is 38.6 Å². The number of nitrogens with one attached hydrogen (secondary N) is 1. The molecule has 1 aliphatic heterocycles. The Morgan fingerprint density at radius 2 is 1.95 bits per heavy atom. The SMILES string of the molecule is CC(C(=O)NC1CCCCC1)N(C)CC1(O)CCOCC1. The highest BCUT2D eigenvalue weighted by molar-refractivity contribution is 5.81. The second-order valence-corrected chi connectivity index (χ2v) is 6.77. The zero-order chi connectivity index (χ0) is 15.3. The monoisotopic (exact) mass is 298 g/mol. The largest absolute Gasteiger partial charge is 0.388 e. The van der Waals surface area contributed by atoms with E-state index in [1.54, 1.807) is 0 Å². The van der Waals surface area contributed by atoms with Gasteiger partial charge >= 0.3 is 0 Å². The minimum absolute atomic E-state index is 0.0834. The zero-order valence-electron chi connectivity index (χ0n) is 13.4. The van der Waals surface area contributed by atoms with Crippen LogP contribution in [-0.2, 0) is 9.53 Å². The van der Waals surface area contributed by atoms with Gasteiger partial charge in [0.1, 0.15) is 0 Å². The molecule has 1 heterocycles. The first-order chi connectivity index (χ1) is 10.0. The van der Waals surface area contributed by atoms with Gasteiger partial charge in [-0.3, -0.25) is 9.69 Å². The molecule has 1 saturated heterocycles. The van der Waals surface area contributed by atoms with Crippen molar-refractivity contribution in [2.24, 2.45) is 0 Å². The topological polar surface area (TPSA) is 61.8 Å². The Morgan fingerprint density at radius 3 is 2.57 bits per heavy atom. The lowest BCUT2D eigenvalue weighted by molar-refractivity contribution is -0.129. The predicted molar refractivity (Wildman–Crippen MR) is 82.1 cm³/mol. The van der Waals surface area contributed by atoms with Crippen LogP contribution in [0.3, 0.4) is 0 Å². The molecule has 1 amide bonds. The summed E-state index contributed by atoms with van der Waals surface area (Å²) in [7, 11) is 1.92. The molecule has 1 saturated carbocycles. The third-order valence-electron chi connectivity index (χ3n) is 4.96. The Bertz CT molecular complexity index is 336. The molecular weight excluding hydrogens is 268 g/mol. The molecule has 1 unspecified atom stereocenters. The van der Waals surface area contributed by atoms with E-state index >= 15 is 0 Å². The van der Waals surface area contributed by atoms with Crippen molar-refractivity contribution in [1.29, 1.82) is 0 Å². The summed E-state index contributed by atoms with van der Waals surface area (Å²) in [6.07, 6.45) is 7.22. The highest BCUT2D eigenvalue weighted by Gasteiger charge is 2.33. The summed E-state index contributed by atoms with van der Waals surface area (Å²) in [5.41, 5.74) is -0.716. The van der Waals surface area contributed by atoms with Gasteiger partial charge in [-0.1, -0.05) is 19.3 Å². The zero-order valence-corrected chi connectivity index (χ0v) is 13.4. The number of nitrogens with zero attached hydrogens (tertiary/aromatic N) is 1. The van der Waals surface area contributed by atoms with Crippen LogP contribution in [-0.4, -0.2) is 60.4 Å². The van der Waals surface area contributed by atoms with Gasteiger partial charge in [0.25, 0.3) is 0 Å². The molecule has 0 bridgehead atoms. The number of carbonyl (C=O) groups is 1. The van der Waals surface area contributed by atoms with Gasteiger partial charge in [-0.2, -0.15) is 0 Å². The first-order valence-electron chi connectivity index (χ1n) is 8.31. The van der Waals surface area contributed by atoms with Gasteiger partial charge in [-0.05, 0) is 26.8 Å². The second-order valence-electron chi connectivity index (χ2n) is 6.77. The maximum atomic E-state index is 12.3. The Hall–Kier alpha value is -0.650. The van der Waals surface area contributed by atoms with Crippen molar-refractivity contribution in [3.05, 3.63) is 0 Å². The fourth-order valence-electron chi connectivity index (χ4n) is 3.28. The molecule has 0 aromatic heterocycles. The van der Waals surface area contributed by atoms with Gasteiger partial charge in [-0.15, -0.1) is 0 Å². The summed E-state index contributed by atoms with van der Waals surface area (Å²) >= 11 is 0. The van der Waals surface area contributed by atoms with E-state index in [9.17, 15) is 9.90 Å². The molecule has 0 aromatic carbocycles. The lowest BCUT2D eigenvalue weighted by Crippen LogP contribution is -2.53. The summed E-state index contributed by atoms with van der Waals surface area (Å²) in [6, 6.07) is 0.132. The smallest absolute Gasteiger partial charge is 0.237 e. The highest BCUT2D eigenvalue weighted by atomic mass is 16.5. The van der Waals surface area contributed by atoms with Crippen molar-refractivity contribution in [3.63, 3.8) is 0 Å². The second kappa shape index (κ2) is 7.56. The Labute approximate surface area is 128 Å². The highest BCUT2D eigenvalue weighted by Crippen LogP contribution is 2.22. The summed E-state index contributed by atoms with van der Waals surface area (Å²) in [5.74, 6) is 0.0834. The first kappa shape index (κ1) is 16.7. The van der Waals surface area contributed by atoms with Crippen LogP contribution in [0.1, 0.15) is 51.9 Å². The first-order valence-corrected chi connectivity index (χ1v) is 8.31. The molecule has 2 fully saturated rings. The van der Waals surface area contributed by atoms with Crippen molar-refractivity contribution in [3.8, 4) is 0 Å². The third kappa shape index (κ3) is 4.94. The van der Waals surface area contributed by atoms with E-state index in [1.165, 1.54) is 19.3 Å². The maximum Gasteiger partial charge on any atom is 0.237 e. The number of ether oxygens (including phenoxy) is 1. The van der Waals surface area contributed by atoms with Crippen LogP contribution in [0.5, 0.6) is 0 Å². The standard InChI is InChI=1S/C16H30N2O3/c1-13(15(19)17-14-6-4-3-5-7-14)18(2)12-16(20)8-10-21-11-9-16/h13-14,20H,3-12H2,1-2H3,(H,17,19). The normalized spacial score (nSPS) is 24.8. The van der Waals surface area contributed by atoms with Crippen LogP contribution in [0.25, 0.3) is 0 Å². The number of amides is 1. The van der Waals surface area contributed by atoms with Crippen molar-refractivity contribution in [2.75, 3.05) is 26.8 Å². The average molecular weight is 298 g/mol. The minimum atomic E-state index is -0.716. The number of aliphatic hydroxyl groups is 1. The summed E-state index contributed by atoms with van der Waals surface area (Å²) < 4.78 is 5.30. The molecule has 1 aliphatic carbocycles. The summed E-state index contributed by atoms with van der Waals surface area (Å²) in [6.45, 7) is 3.65. The molecule has 5 nitrogen and oxygen atoms in total. The molecule has 2 aliphatic rings. The molecule has 0 aromatic rings. The molecule has 0 radical (unpaired) electrons. The van der Waals surface area contributed by atoms with E-state index in [4.69, 9.17) is 4.74 Å². The van der Waals surface area contributed by atoms with Crippen molar-refractivity contribution in [2.45, 2.75) is 69.6 Å². The lowest BCUT2D eigenvalue weighted by Gasteiger charge is -2.37. The van der Waals surface area contributed by atoms with Crippen LogP contribution in [0.15, 0.2) is 0 Å². The average Bonchev–Trinajstić information content (AvgIpc) is 2.47. The Balaban J connectivity index is 1.80. The fraction of sp³-hybridized carbons (Fsp3) is 0.938. The number of rotatable bonds is 5. The quantitative estimate of drug-likeness (QED) is 0.803. The number of hydrogen-bond acceptors (Lipinski definition) is 4. The summed E-state index contributed by atoms with van der Waals surface area (Å²) in [4.78, 5) is 14.3. The van der Waals surface area contributed by atoms with Crippen LogP contribution in [0, 0.1) is 0 Å². The van der Waals surface area contributed by atoms with Gasteiger partial charge in [0.15, 0.2) is 0 Å². The molecule has 5 heteroatoms. The van der Waals surface area contributed by atoms with Crippen molar-refractivity contribution in [1.82, 2.24) is 10.2 Å². The van der Waals surface area contributed by atoms with Gasteiger partial charge in [0, 0.05) is 38.6 Å². The minimum Gasteiger partial charge on any atom is -0.388 e. The number of carbonyl (C=O) groups excluding carboxylic acids is 1. The third-order valence-corrected chi connectivity index (χ3v) is 4.96. The maximum absolute atomic E-state index is 12.3. The van der Waals surface area contributed by atoms with E-state index < -0.39 is 5.60 Å². The van der Waals surface area contributed by atoms with E-state index in [-0.39, 0.29) is 11.9 Å². The summed E-state index contributed by atoms with van der Waals surface area (Å²) in [5, 5.41) is 13.7. The fourth-order valence-corrected chi connectivity index (χ4v) is 3.28. The molecule has 2 N–H and O–H groups in total. The molecular formula is C16H30N2O3. The lowest BCUT2D eigenvalue weighted by atomic mass is 9.93. The van der Waals surface area contributed by atoms with E-state index in [1.807, 2.05) is 18.9 Å². The molecule has 122 valence electrons. The van der Waals surface area contributed by atoms with Gasteiger partial charge in [0.2, 0.25) is 5.91 Å². The van der Waals surface area contributed by atoms with Crippen molar-refractivity contribution >= 4 is 5.91 Å². The van der Waals surface area contributed by atoms with Crippen LogP contribution in [0.2, 0.25) is 0 Å². The number of likely N-dealkylation sites (N-methyl/N-ethyl adjacent to an activating group) is 1. The van der Waals surface area contributed by atoms with Crippen LogP contribution >= 0.6 is 0 Å². The van der Waals surface area contributed by atoms with Gasteiger partial charge in [0.05, 0.1) is 11.6 Å². The predicted octanol–water partition coefficient (Wildman–Crippen LogP) is 1.30. The molecule has 1 atom stereocenters. The molecule has 2 rings (SSSR count). The van der Waals surface area contributed by atoms with E-state index in [2.05, 4.69) is 5.32 Å². The molecule has 21 heavy (non-hydrogen) atoms. The molecule has 0 spiro atoms. The van der Waals surface area contributed by atoms with Gasteiger partial charge in [-0.25, -0.2) is 0 Å². The van der Waals surface area contributed by atoms with Crippen molar-refractivity contribution < 1.29 is 14.6 Å². The van der Waals surface area contributed by atoms with Crippen LogP contribution < -0.4 is 5.32 Å². The Kier molecular flexibility index (Phi) is 6.02. The van der Waals surface area contributed by atoms with Crippen LogP contribution in [0.4, 0.5) is 0 Å². The number of hydrogen-bond donors (Lipinski definition) is 2. The van der Waals surface area contributed by atoms with Gasteiger partial charge < -0.3 is 15.2 Å². The van der Waals surface area contributed by atoms with E-state index in [0.717, 1.165) is 12.8 Å².